The maximum absolute atomic E-state index is 13.9. The van der Waals surface area contributed by atoms with Gasteiger partial charge in [-0.1, -0.05) is 39.8 Å². The smallest absolute Gasteiger partial charge is 0.272 e. The van der Waals surface area contributed by atoms with Crippen molar-refractivity contribution in [1.29, 1.82) is 0 Å². The molecule has 1 saturated heterocycles. The summed E-state index contributed by atoms with van der Waals surface area (Å²) >= 11 is 0. The van der Waals surface area contributed by atoms with Gasteiger partial charge in [-0.3, -0.25) is 4.79 Å². The highest BCUT2D eigenvalue weighted by Crippen LogP contribution is 2.27. The van der Waals surface area contributed by atoms with E-state index in [4.69, 9.17) is 5.10 Å². The van der Waals surface area contributed by atoms with Crippen molar-refractivity contribution in [3.05, 3.63) is 53.6 Å². The second-order valence-corrected chi connectivity index (χ2v) is 8.81. The molecule has 0 radical (unpaired) electrons. The number of piperazine rings is 1. The van der Waals surface area contributed by atoms with Gasteiger partial charge in [0.05, 0.1) is 11.4 Å². The van der Waals surface area contributed by atoms with E-state index >= 15 is 0 Å². The minimum atomic E-state index is -0.329. The Hall–Kier alpha value is -2.80. The normalized spacial score (nSPS) is 15.7. The van der Waals surface area contributed by atoms with Crippen molar-refractivity contribution in [2.24, 2.45) is 0 Å². The molecular weight excluding hydrogens is 381 g/mol. The number of rotatable bonds is 3. The predicted octanol–water partition coefficient (Wildman–Crippen LogP) is 3.61. The minimum Gasteiger partial charge on any atom is -0.335 e. The van der Waals surface area contributed by atoms with Gasteiger partial charge in [0.15, 0.2) is 5.65 Å². The van der Waals surface area contributed by atoms with Crippen molar-refractivity contribution in [3.63, 3.8) is 0 Å². The molecule has 0 spiro atoms. The van der Waals surface area contributed by atoms with Crippen molar-refractivity contribution < 1.29 is 9.18 Å². The van der Waals surface area contributed by atoms with Gasteiger partial charge in [-0.15, -0.1) is 0 Å². The molecule has 3 aromatic rings. The van der Waals surface area contributed by atoms with Gasteiger partial charge in [0.2, 0.25) is 0 Å². The number of aromatic nitrogens is 3. The van der Waals surface area contributed by atoms with E-state index in [0.717, 1.165) is 25.3 Å². The van der Waals surface area contributed by atoms with E-state index in [-0.39, 0.29) is 17.1 Å². The summed E-state index contributed by atoms with van der Waals surface area (Å²) in [5.41, 5.74) is 2.98. The fraction of sp³-hybridized carbons (Fsp3) is 0.435. The number of hydrogen-bond acceptors (Lipinski definition) is 4. The molecule has 0 unspecified atom stereocenters. The molecule has 0 bridgehead atoms. The number of carbonyl (C=O) groups excluding carboxylic acids is 1. The highest BCUT2D eigenvalue weighted by Gasteiger charge is 2.25. The Labute approximate surface area is 176 Å². The molecule has 1 aliphatic rings. The largest absolute Gasteiger partial charge is 0.335 e. The topological polar surface area (TPSA) is 53.7 Å². The van der Waals surface area contributed by atoms with Crippen LogP contribution in [0.5, 0.6) is 0 Å². The monoisotopic (exact) mass is 409 g/mol. The fourth-order valence-electron chi connectivity index (χ4n) is 3.73. The maximum Gasteiger partial charge on any atom is 0.272 e. The van der Waals surface area contributed by atoms with Crippen LogP contribution in [-0.2, 0) is 5.41 Å². The van der Waals surface area contributed by atoms with Gasteiger partial charge in [-0.05, 0) is 24.7 Å². The van der Waals surface area contributed by atoms with Gasteiger partial charge in [-0.2, -0.15) is 5.10 Å². The second kappa shape index (κ2) is 7.80. The summed E-state index contributed by atoms with van der Waals surface area (Å²) in [6.07, 6.45) is 0. The molecule has 6 nitrogen and oxygen atoms in total. The molecule has 0 aliphatic carbocycles. The van der Waals surface area contributed by atoms with Gasteiger partial charge >= 0.3 is 0 Å². The zero-order valence-electron chi connectivity index (χ0n) is 18.0. The van der Waals surface area contributed by atoms with Crippen LogP contribution in [0.3, 0.4) is 0 Å². The first kappa shape index (κ1) is 20.5. The second-order valence-electron chi connectivity index (χ2n) is 8.81. The highest BCUT2D eigenvalue weighted by atomic mass is 19.1. The van der Waals surface area contributed by atoms with Gasteiger partial charge < -0.3 is 9.80 Å². The van der Waals surface area contributed by atoms with Crippen LogP contribution in [0.2, 0.25) is 0 Å². The molecule has 30 heavy (non-hydrogen) atoms. The van der Waals surface area contributed by atoms with Crippen LogP contribution < -0.4 is 0 Å². The third-order valence-corrected chi connectivity index (χ3v) is 5.64. The van der Waals surface area contributed by atoms with Crippen molar-refractivity contribution in [2.75, 3.05) is 32.7 Å². The van der Waals surface area contributed by atoms with Crippen LogP contribution in [0.25, 0.3) is 16.9 Å². The number of carbonyl (C=O) groups is 1. The van der Waals surface area contributed by atoms with E-state index in [1.54, 1.807) is 16.6 Å². The lowest BCUT2D eigenvalue weighted by atomic mass is 9.93. The molecule has 1 amide bonds. The number of benzene rings is 1. The fourth-order valence-corrected chi connectivity index (χ4v) is 3.73. The Morgan fingerprint density at radius 2 is 1.83 bits per heavy atom. The van der Waals surface area contributed by atoms with Crippen LogP contribution in [0.1, 0.15) is 43.9 Å². The molecule has 4 rings (SSSR count). The molecule has 1 fully saturated rings. The Balaban J connectivity index is 1.80. The number of nitrogens with zero attached hydrogens (tertiary/aromatic N) is 5. The summed E-state index contributed by atoms with van der Waals surface area (Å²) in [6, 6.07) is 10.00. The Kier molecular flexibility index (Phi) is 5.32. The lowest BCUT2D eigenvalue weighted by Crippen LogP contribution is -2.48. The first-order chi connectivity index (χ1) is 14.3. The van der Waals surface area contributed by atoms with Crippen molar-refractivity contribution >= 4 is 11.6 Å². The average molecular weight is 410 g/mol. The maximum atomic E-state index is 13.9. The summed E-state index contributed by atoms with van der Waals surface area (Å²) in [4.78, 5) is 22.0. The summed E-state index contributed by atoms with van der Waals surface area (Å²) in [7, 11) is 0. The zero-order valence-corrected chi connectivity index (χ0v) is 18.0. The van der Waals surface area contributed by atoms with Crippen LogP contribution in [0.15, 0.2) is 36.4 Å². The zero-order chi connectivity index (χ0) is 21.5. The van der Waals surface area contributed by atoms with E-state index in [1.807, 2.05) is 17.0 Å². The van der Waals surface area contributed by atoms with Gasteiger partial charge in [-0.25, -0.2) is 13.9 Å². The summed E-state index contributed by atoms with van der Waals surface area (Å²) in [5.74, 6) is -0.423. The molecule has 0 saturated carbocycles. The average Bonchev–Trinajstić information content (AvgIpc) is 3.17. The Morgan fingerprint density at radius 3 is 2.47 bits per heavy atom. The van der Waals surface area contributed by atoms with Crippen molar-refractivity contribution in [1.82, 2.24) is 24.4 Å². The quantitative estimate of drug-likeness (QED) is 0.663. The summed E-state index contributed by atoms with van der Waals surface area (Å²) in [6.45, 7) is 12.4. The van der Waals surface area contributed by atoms with Crippen LogP contribution in [0.4, 0.5) is 4.39 Å². The summed E-state index contributed by atoms with van der Waals surface area (Å²) in [5, 5.41) is 4.72. The molecule has 158 valence electrons. The highest BCUT2D eigenvalue weighted by molar-refractivity contribution is 5.94. The SMILES string of the molecule is CCN1CCN(C(=O)c2cc(-c3cccc(F)c3)n3nc(C(C)(C)C)cc3n2)CC1. The third-order valence-electron chi connectivity index (χ3n) is 5.64. The van der Waals surface area contributed by atoms with Gasteiger partial charge in [0, 0.05) is 43.2 Å². The molecule has 0 N–H and O–H groups in total. The van der Waals surface area contributed by atoms with Crippen LogP contribution >= 0.6 is 0 Å². The standard InChI is InChI=1S/C23H28FN5O/c1-5-27-9-11-28(12-10-27)22(30)18-14-19(16-7-6-8-17(24)13-16)29-21(25-18)15-20(26-29)23(2,3)4/h6-8,13-15H,5,9-12H2,1-4H3. The molecule has 1 aliphatic heterocycles. The molecular formula is C23H28FN5O. The van der Waals surface area contributed by atoms with E-state index in [0.29, 0.717) is 35.7 Å². The lowest BCUT2D eigenvalue weighted by molar-refractivity contribution is 0.0638. The first-order valence-corrected chi connectivity index (χ1v) is 10.4. The van der Waals surface area contributed by atoms with Crippen LogP contribution in [0, 0.1) is 5.82 Å². The van der Waals surface area contributed by atoms with E-state index in [9.17, 15) is 9.18 Å². The minimum absolute atomic E-state index is 0.0931. The van der Waals surface area contributed by atoms with Crippen molar-refractivity contribution in [3.8, 4) is 11.3 Å². The van der Waals surface area contributed by atoms with E-state index < -0.39 is 0 Å². The van der Waals surface area contributed by atoms with Gasteiger partial charge in [0.1, 0.15) is 11.5 Å². The Morgan fingerprint density at radius 1 is 1.10 bits per heavy atom. The molecule has 3 heterocycles. The molecule has 1 aromatic carbocycles. The number of fused-ring (bicyclic) bond motifs is 1. The molecule has 2 aromatic heterocycles. The number of amides is 1. The molecule has 0 atom stereocenters. The third kappa shape index (κ3) is 3.94. The van der Waals surface area contributed by atoms with E-state index in [2.05, 4.69) is 37.6 Å². The molecule has 7 heteroatoms. The van der Waals surface area contributed by atoms with Crippen molar-refractivity contribution in [2.45, 2.75) is 33.1 Å². The van der Waals surface area contributed by atoms with Gasteiger partial charge in [0.25, 0.3) is 5.91 Å². The summed E-state index contributed by atoms with van der Waals surface area (Å²) < 4.78 is 15.7. The predicted molar refractivity (Wildman–Crippen MR) is 115 cm³/mol. The first-order valence-electron chi connectivity index (χ1n) is 10.4. The van der Waals surface area contributed by atoms with Crippen LogP contribution in [-0.4, -0.2) is 63.0 Å². The number of halogens is 1. The Bertz CT molecular complexity index is 1080. The van der Waals surface area contributed by atoms with E-state index in [1.165, 1.54) is 12.1 Å². The lowest BCUT2D eigenvalue weighted by Gasteiger charge is -2.33. The number of hydrogen-bond donors (Lipinski definition) is 0. The number of likely N-dealkylation sites (N-methyl/N-ethyl adjacent to an activating group) is 1.